The lowest BCUT2D eigenvalue weighted by molar-refractivity contribution is 0.0732. The van der Waals surface area contributed by atoms with Crippen molar-refractivity contribution < 1.29 is 27.5 Å². The van der Waals surface area contributed by atoms with Crippen molar-refractivity contribution in [1.29, 1.82) is 0 Å². The zero-order valence-corrected chi connectivity index (χ0v) is 18.7. The number of benzene rings is 3. The second-order valence-corrected chi connectivity index (χ2v) is 9.44. The molecule has 0 saturated heterocycles. The monoisotopic (exact) mass is 466 g/mol. The minimum Gasteiger partial charge on any atom is -0.497 e. The zero-order valence-electron chi connectivity index (χ0n) is 17.9. The van der Waals surface area contributed by atoms with Crippen LogP contribution in [0.2, 0.25) is 0 Å². The van der Waals surface area contributed by atoms with Gasteiger partial charge in [-0.2, -0.15) is 4.31 Å². The molecule has 1 heterocycles. The number of hydrogen-bond acceptors (Lipinski definition) is 6. The molecular formula is C24H22N2O6S. The summed E-state index contributed by atoms with van der Waals surface area (Å²) < 4.78 is 38.1. The molecule has 0 fully saturated rings. The number of carbonyl (C=O) groups is 2. The van der Waals surface area contributed by atoms with Crippen molar-refractivity contribution >= 4 is 21.9 Å². The number of ether oxygens (including phenoxy) is 2. The quantitative estimate of drug-likeness (QED) is 0.441. The SMILES string of the molecule is COc1ccc(C(N)=O)c(OC(=O)c2ccc(S(=O)(=O)N3CCc4ccccc4C3)cc2)c1. The van der Waals surface area contributed by atoms with Crippen molar-refractivity contribution in [3.8, 4) is 11.5 Å². The number of methoxy groups -OCH3 is 1. The molecule has 0 unspecified atom stereocenters. The van der Waals surface area contributed by atoms with Gasteiger partial charge in [0, 0.05) is 19.2 Å². The number of nitrogens with two attached hydrogens (primary N) is 1. The smallest absolute Gasteiger partial charge is 0.343 e. The normalized spacial score (nSPS) is 13.7. The van der Waals surface area contributed by atoms with Crippen molar-refractivity contribution in [2.45, 2.75) is 17.9 Å². The lowest BCUT2D eigenvalue weighted by Crippen LogP contribution is -2.35. The fourth-order valence-corrected chi connectivity index (χ4v) is 5.08. The number of esters is 1. The molecule has 8 nitrogen and oxygen atoms in total. The van der Waals surface area contributed by atoms with Crippen LogP contribution in [-0.4, -0.2) is 38.3 Å². The Morgan fingerprint density at radius 1 is 0.970 bits per heavy atom. The summed E-state index contributed by atoms with van der Waals surface area (Å²) in [6.07, 6.45) is 0.641. The Labute approximate surface area is 191 Å². The van der Waals surface area contributed by atoms with Crippen LogP contribution in [0, 0.1) is 0 Å². The predicted molar refractivity (Wildman–Crippen MR) is 121 cm³/mol. The van der Waals surface area contributed by atoms with Gasteiger partial charge in [0.25, 0.3) is 5.91 Å². The number of nitrogens with zero attached hydrogens (tertiary/aromatic N) is 1. The number of hydrogen-bond donors (Lipinski definition) is 1. The van der Waals surface area contributed by atoms with Gasteiger partial charge in [-0.3, -0.25) is 4.79 Å². The van der Waals surface area contributed by atoms with Gasteiger partial charge in [-0.25, -0.2) is 13.2 Å². The van der Waals surface area contributed by atoms with Crippen molar-refractivity contribution in [3.63, 3.8) is 0 Å². The first-order valence-corrected chi connectivity index (χ1v) is 11.6. The van der Waals surface area contributed by atoms with E-state index in [0.717, 1.165) is 11.1 Å². The van der Waals surface area contributed by atoms with E-state index < -0.39 is 21.9 Å². The third kappa shape index (κ3) is 4.59. The first kappa shape index (κ1) is 22.5. The third-order valence-corrected chi connectivity index (χ3v) is 7.34. The van der Waals surface area contributed by atoms with Crippen LogP contribution in [0.1, 0.15) is 31.8 Å². The summed E-state index contributed by atoms with van der Waals surface area (Å²) in [4.78, 5) is 24.3. The van der Waals surface area contributed by atoms with Gasteiger partial charge in [-0.05, 0) is 53.9 Å². The minimum absolute atomic E-state index is 0.0220. The molecule has 3 aromatic rings. The van der Waals surface area contributed by atoms with Crippen molar-refractivity contribution in [3.05, 3.63) is 89.0 Å². The van der Waals surface area contributed by atoms with E-state index >= 15 is 0 Å². The summed E-state index contributed by atoms with van der Waals surface area (Å²) in [7, 11) is -2.29. The fraction of sp³-hybridized carbons (Fsp3) is 0.167. The number of carbonyl (C=O) groups excluding carboxylic acids is 2. The van der Waals surface area contributed by atoms with E-state index in [1.54, 1.807) is 0 Å². The maximum atomic E-state index is 13.1. The van der Waals surface area contributed by atoms with Gasteiger partial charge in [-0.15, -0.1) is 0 Å². The molecule has 1 amide bonds. The molecule has 0 radical (unpaired) electrons. The molecule has 3 aromatic carbocycles. The van der Waals surface area contributed by atoms with Gasteiger partial charge >= 0.3 is 5.97 Å². The number of rotatable bonds is 6. The lowest BCUT2D eigenvalue weighted by atomic mass is 10.0. The largest absolute Gasteiger partial charge is 0.497 e. The highest BCUT2D eigenvalue weighted by Gasteiger charge is 2.28. The first-order valence-electron chi connectivity index (χ1n) is 10.2. The Kier molecular flexibility index (Phi) is 6.17. The topological polar surface area (TPSA) is 116 Å². The Hall–Kier alpha value is -3.69. The van der Waals surface area contributed by atoms with Crippen LogP contribution < -0.4 is 15.2 Å². The number of amides is 1. The highest BCUT2D eigenvalue weighted by atomic mass is 32.2. The molecule has 33 heavy (non-hydrogen) atoms. The van der Waals surface area contributed by atoms with Gasteiger partial charge in [0.2, 0.25) is 10.0 Å². The second kappa shape index (κ2) is 9.05. The third-order valence-electron chi connectivity index (χ3n) is 5.48. The molecule has 1 aliphatic rings. The molecule has 0 spiro atoms. The molecule has 0 bridgehead atoms. The fourth-order valence-electron chi connectivity index (χ4n) is 3.66. The van der Waals surface area contributed by atoms with Crippen LogP contribution in [0.4, 0.5) is 0 Å². The van der Waals surface area contributed by atoms with Crippen LogP contribution in [0.25, 0.3) is 0 Å². The van der Waals surface area contributed by atoms with Crippen molar-refractivity contribution in [2.75, 3.05) is 13.7 Å². The van der Waals surface area contributed by atoms with Gasteiger partial charge in [0.05, 0.1) is 23.1 Å². The molecule has 170 valence electrons. The van der Waals surface area contributed by atoms with E-state index in [4.69, 9.17) is 15.2 Å². The first-order chi connectivity index (χ1) is 15.8. The Balaban J connectivity index is 1.53. The average Bonchev–Trinajstić information content (AvgIpc) is 2.83. The van der Waals surface area contributed by atoms with Gasteiger partial charge < -0.3 is 15.2 Å². The van der Waals surface area contributed by atoms with Gasteiger partial charge in [0.15, 0.2) is 0 Å². The van der Waals surface area contributed by atoms with E-state index in [-0.39, 0.29) is 21.8 Å². The molecule has 4 rings (SSSR count). The van der Waals surface area contributed by atoms with Crippen LogP contribution in [0.5, 0.6) is 11.5 Å². The van der Waals surface area contributed by atoms with E-state index in [2.05, 4.69) is 0 Å². The summed E-state index contributed by atoms with van der Waals surface area (Å²) in [5, 5.41) is 0. The zero-order chi connectivity index (χ0) is 23.6. The standard InChI is InChI=1S/C24H22N2O6S/c1-31-19-8-11-21(23(25)27)22(14-19)32-24(28)17-6-9-20(10-7-17)33(29,30)26-13-12-16-4-2-3-5-18(16)15-26/h2-11,14H,12-13,15H2,1H3,(H2,25,27). The van der Waals surface area contributed by atoms with Crippen molar-refractivity contribution in [1.82, 2.24) is 4.31 Å². The molecule has 0 aliphatic carbocycles. The molecule has 1 aliphatic heterocycles. The molecule has 0 saturated carbocycles. The summed E-state index contributed by atoms with van der Waals surface area (Å²) in [6, 6.07) is 17.5. The van der Waals surface area contributed by atoms with Gasteiger partial charge in [-0.1, -0.05) is 24.3 Å². The molecule has 2 N–H and O–H groups in total. The predicted octanol–water partition coefficient (Wildman–Crippen LogP) is 2.76. The van der Waals surface area contributed by atoms with Gasteiger partial charge in [0.1, 0.15) is 11.5 Å². The van der Waals surface area contributed by atoms with Crippen LogP contribution >= 0.6 is 0 Å². The minimum atomic E-state index is -3.73. The van der Waals surface area contributed by atoms with Crippen LogP contribution in [-0.2, 0) is 23.0 Å². The number of sulfonamides is 1. The summed E-state index contributed by atoms with van der Waals surface area (Å²) in [6.45, 7) is 0.683. The Morgan fingerprint density at radius 3 is 2.33 bits per heavy atom. The Morgan fingerprint density at radius 2 is 1.67 bits per heavy atom. The average molecular weight is 467 g/mol. The highest BCUT2D eigenvalue weighted by Crippen LogP contribution is 2.27. The van der Waals surface area contributed by atoms with Crippen LogP contribution in [0.15, 0.2) is 71.6 Å². The van der Waals surface area contributed by atoms with Crippen molar-refractivity contribution in [2.24, 2.45) is 5.73 Å². The number of primary amides is 1. The summed E-state index contributed by atoms with van der Waals surface area (Å²) >= 11 is 0. The number of fused-ring (bicyclic) bond motifs is 1. The second-order valence-electron chi connectivity index (χ2n) is 7.50. The van der Waals surface area contributed by atoms with E-state index in [9.17, 15) is 18.0 Å². The van der Waals surface area contributed by atoms with Crippen LogP contribution in [0.3, 0.4) is 0 Å². The maximum absolute atomic E-state index is 13.1. The molecule has 0 aromatic heterocycles. The molecule has 9 heteroatoms. The molecule has 0 atom stereocenters. The Bertz CT molecular complexity index is 1320. The summed E-state index contributed by atoms with van der Waals surface area (Å²) in [5.74, 6) is -1.19. The maximum Gasteiger partial charge on any atom is 0.343 e. The van der Waals surface area contributed by atoms with E-state index in [0.29, 0.717) is 25.3 Å². The lowest BCUT2D eigenvalue weighted by Gasteiger charge is -2.28. The van der Waals surface area contributed by atoms with E-state index in [1.807, 2.05) is 24.3 Å². The highest BCUT2D eigenvalue weighted by molar-refractivity contribution is 7.89. The van der Waals surface area contributed by atoms with E-state index in [1.165, 1.54) is 53.9 Å². The summed E-state index contributed by atoms with van der Waals surface area (Å²) in [5.41, 5.74) is 7.62. The molecular weight excluding hydrogens is 444 g/mol.